The van der Waals surface area contributed by atoms with Crippen molar-refractivity contribution in [1.29, 1.82) is 5.26 Å². The van der Waals surface area contributed by atoms with E-state index in [0.717, 1.165) is 16.9 Å². The second kappa shape index (κ2) is 11.8. The van der Waals surface area contributed by atoms with E-state index in [-0.39, 0.29) is 36.5 Å². The van der Waals surface area contributed by atoms with Gasteiger partial charge in [-0.3, -0.25) is 9.69 Å². The average molecular weight is 531 g/mol. The highest BCUT2D eigenvalue weighted by molar-refractivity contribution is 5.76. The van der Waals surface area contributed by atoms with Gasteiger partial charge in [0.2, 0.25) is 5.91 Å². The van der Waals surface area contributed by atoms with Crippen LogP contribution in [0, 0.1) is 31.0 Å². The molecule has 0 spiro atoms. The normalized spacial score (nSPS) is 15.8. The number of aromatic nitrogens is 2. The lowest BCUT2D eigenvalue weighted by Gasteiger charge is -2.40. The van der Waals surface area contributed by atoms with Crippen LogP contribution in [0.15, 0.2) is 36.4 Å². The fourth-order valence-electron chi connectivity index (χ4n) is 4.80. The molecule has 1 unspecified atom stereocenters. The third kappa shape index (κ3) is 6.35. The minimum absolute atomic E-state index is 0.0439. The maximum Gasteiger partial charge on any atom is 0.231 e. The van der Waals surface area contributed by atoms with Gasteiger partial charge in [-0.15, -0.1) is 0 Å². The number of primary amides is 1. The molecule has 2 heterocycles. The van der Waals surface area contributed by atoms with Crippen molar-refractivity contribution >= 4 is 11.7 Å². The number of amides is 1. The van der Waals surface area contributed by atoms with Gasteiger partial charge in [0.1, 0.15) is 24.0 Å². The zero-order valence-electron chi connectivity index (χ0n) is 23.2. The first-order valence-electron chi connectivity index (χ1n) is 13.2. The van der Waals surface area contributed by atoms with E-state index in [1.54, 1.807) is 0 Å². The lowest BCUT2D eigenvalue weighted by atomic mass is 10.0. The molecule has 39 heavy (non-hydrogen) atoms. The predicted octanol–water partition coefficient (Wildman–Crippen LogP) is 4.47. The van der Waals surface area contributed by atoms with Gasteiger partial charge >= 0.3 is 0 Å². The number of nitrogens with two attached hydrogens (primary N) is 1. The Kier molecular flexibility index (Phi) is 8.46. The van der Waals surface area contributed by atoms with Crippen LogP contribution in [0.2, 0.25) is 0 Å². The third-order valence-electron chi connectivity index (χ3n) is 7.20. The number of nitrogens with zero attached hydrogens (tertiary/aromatic N) is 5. The van der Waals surface area contributed by atoms with E-state index in [2.05, 4.69) is 48.0 Å². The summed E-state index contributed by atoms with van der Waals surface area (Å²) in [6.07, 6.45) is 0. The molecule has 8 nitrogen and oxygen atoms in total. The minimum atomic E-state index is -0.496. The fraction of sp³-hybridized carbons (Fsp3) is 0.400. The van der Waals surface area contributed by atoms with Crippen LogP contribution in [0.4, 0.5) is 10.2 Å². The van der Waals surface area contributed by atoms with Crippen molar-refractivity contribution in [3.8, 4) is 23.2 Å². The van der Waals surface area contributed by atoms with Crippen LogP contribution in [0.5, 0.6) is 5.75 Å². The number of carbonyl (C=O) groups excluding carboxylic acids is 1. The molecule has 1 fully saturated rings. The monoisotopic (exact) mass is 530 g/mol. The summed E-state index contributed by atoms with van der Waals surface area (Å²) < 4.78 is 21.2. The highest BCUT2D eigenvalue weighted by atomic mass is 19.1. The Morgan fingerprint density at radius 2 is 1.97 bits per heavy atom. The molecule has 4 rings (SSSR count). The highest BCUT2D eigenvalue weighted by Gasteiger charge is 2.28. The highest BCUT2D eigenvalue weighted by Crippen LogP contribution is 2.31. The number of hydrogen-bond acceptors (Lipinski definition) is 7. The van der Waals surface area contributed by atoms with Crippen molar-refractivity contribution in [3.05, 3.63) is 70.2 Å². The lowest BCUT2D eigenvalue weighted by molar-refractivity contribution is -0.119. The number of nitriles is 1. The molecule has 1 aliphatic rings. The van der Waals surface area contributed by atoms with Crippen molar-refractivity contribution in [2.45, 2.75) is 53.2 Å². The number of rotatable bonds is 8. The average Bonchev–Trinajstić information content (AvgIpc) is 2.89. The first-order valence-corrected chi connectivity index (χ1v) is 13.2. The quantitative estimate of drug-likeness (QED) is 0.458. The predicted molar refractivity (Wildman–Crippen MR) is 149 cm³/mol. The SMILES string of the molecule is Cc1ccc(C(C)C)cc1OCc1c(C)nc(-c2cc(C#N)ccc2F)nc1N1CCN(CC(N)=O)C(C)C1. The van der Waals surface area contributed by atoms with Crippen molar-refractivity contribution in [1.82, 2.24) is 14.9 Å². The van der Waals surface area contributed by atoms with Gasteiger partial charge < -0.3 is 15.4 Å². The summed E-state index contributed by atoms with van der Waals surface area (Å²) in [4.78, 5) is 25.2. The minimum Gasteiger partial charge on any atom is -0.488 e. The second-order valence-corrected chi connectivity index (χ2v) is 10.4. The van der Waals surface area contributed by atoms with Crippen LogP contribution in [0.3, 0.4) is 0 Å². The molecule has 1 aliphatic heterocycles. The summed E-state index contributed by atoms with van der Waals surface area (Å²) in [6.45, 7) is 12.4. The molecule has 1 saturated heterocycles. The molecule has 0 saturated carbocycles. The summed E-state index contributed by atoms with van der Waals surface area (Å²) >= 11 is 0. The standard InChI is InChI=1S/C30H35FN6O2/c1-18(2)23-8-6-19(3)27(13-23)39-17-25-21(5)34-29(24-12-22(14-32)7-9-26(24)31)35-30(25)37-11-10-36(16-28(33)38)20(4)15-37/h6-9,12-13,18,20H,10-11,15-17H2,1-5H3,(H2,33,38). The van der Waals surface area contributed by atoms with E-state index in [9.17, 15) is 14.4 Å². The third-order valence-corrected chi connectivity index (χ3v) is 7.20. The molecule has 1 amide bonds. The zero-order chi connectivity index (χ0) is 28.3. The fourth-order valence-corrected chi connectivity index (χ4v) is 4.80. The number of hydrogen-bond donors (Lipinski definition) is 1. The molecule has 0 radical (unpaired) electrons. The van der Waals surface area contributed by atoms with Crippen molar-refractivity contribution in [2.24, 2.45) is 5.73 Å². The van der Waals surface area contributed by atoms with Crippen molar-refractivity contribution in [3.63, 3.8) is 0 Å². The summed E-state index contributed by atoms with van der Waals surface area (Å²) in [5, 5.41) is 9.35. The van der Waals surface area contributed by atoms with Crippen LogP contribution in [-0.4, -0.2) is 53.0 Å². The van der Waals surface area contributed by atoms with Gasteiger partial charge in [-0.1, -0.05) is 26.0 Å². The number of piperazine rings is 1. The van der Waals surface area contributed by atoms with Crippen LogP contribution in [-0.2, 0) is 11.4 Å². The number of aryl methyl sites for hydroxylation is 2. The van der Waals surface area contributed by atoms with Gasteiger partial charge in [0.05, 0.1) is 35.0 Å². The molecule has 0 aliphatic carbocycles. The van der Waals surface area contributed by atoms with Crippen LogP contribution < -0.4 is 15.4 Å². The van der Waals surface area contributed by atoms with Crippen molar-refractivity contribution < 1.29 is 13.9 Å². The maximum absolute atomic E-state index is 14.9. The Hall–Kier alpha value is -4.03. The Bertz CT molecular complexity index is 1420. The van der Waals surface area contributed by atoms with Crippen molar-refractivity contribution in [2.75, 3.05) is 31.1 Å². The van der Waals surface area contributed by atoms with Gasteiger partial charge in [-0.05, 0) is 62.1 Å². The van der Waals surface area contributed by atoms with E-state index in [0.29, 0.717) is 42.6 Å². The van der Waals surface area contributed by atoms with Gasteiger partial charge in [-0.25, -0.2) is 14.4 Å². The molecule has 2 N–H and O–H groups in total. The lowest BCUT2D eigenvalue weighted by Crippen LogP contribution is -2.54. The first-order chi connectivity index (χ1) is 18.6. The summed E-state index contributed by atoms with van der Waals surface area (Å²) in [5.41, 5.74) is 9.63. The van der Waals surface area contributed by atoms with Gasteiger partial charge in [-0.2, -0.15) is 5.26 Å². The number of carbonyl (C=O) groups is 1. The second-order valence-electron chi connectivity index (χ2n) is 10.4. The van der Waals surface area contributed by atoms with Crippen LogP contribution in [0.1, 0.15) is 54.6 Å². The summed E-state index contributed by atoms with van der Waals surface area (Å²) in [6, 6.07) is 12.5. The number of benzene rings is 2. The molecule has 2 aromatic carbocycles. The van der Waals surface area contributed by atoms with Gasteiger partial charge in [0.15, 0.2) is 5.82 Å². The summed E-state index contributed by atoms with van der Waals surface area (Å²) in [5.74, 6) is 1.17. The van der Waals surface area contributed by atoms with E-state index < -0.39 is 5.82 Å². The Labute approximate surface area is 229 Å². The Balaban J connectivity index is 1.74. The van der Waals surface area contributed by atoms with E-state index in [1.165, 1.54) is 23.8 Å². The van der Waals surface area contributed by atoms with E-state index in [4.69, 9.17) is 15.5 Å². The van der Waals surface area contributed by atoms with Gasteiger partial charge in [0, 0.05) is 25.7 Å². The molecular formula is C30H35FN6O2. The number of ether oxygens (including phenoxy) is 1. The van der Waals surface area contributed by atoms with Crippen LogP contribution in [0.25, 0.3) is 11.4 Å². The van der Waals surface area contributed by atoms with E-state index >= 15 is 0 Å². The molecule has 204 valence electrons. The van der Waals surface area contributed by atoms with Crippen LogP contribution >= 0.6 is 0 Å². The largest absolute Gasteiger partial charge is 0.488 e. The Morgan fingerprint density at radius 3 is 2.64 bits per heavy atom. The zero-order valence-corrected chi connectivity index (χ0v) is 23.2. The summed E-state index contributed by atoms with van der Waals surface area (Å²) in [7, 11) is 0. The molecule has 9 heteroatoms. The Morgan fingerprint density at radius 1 is 1.21 bits per heavy atom. The first kappa shape index (κ1) is 28.0. The maximum atomic E-state index is 14.9. The number of anilines is 1. The molecular weight excluding hydrogens is 495 g/mol. The van der Waals surface area contributed by atoms with E-state index in [1.807, 2.05) is 25.7 Å². The van der Waals surface area contributed by atoms with Gasteiger partial charge in [0.25, 0.3) is 0 Å². The topological polar surface area (TPSA) is 108 Å². The number of halogens is 1. The molecule has 1 aromatic heterocycles. The smallest absolute Gasteiger partial charge is 0.231 e. The molecule has 3 aromatic rings. The molecule has 0 bridgehead atoms. The molecule has 1 atom stereocenters.